The Bertz CT molecular complexity index is 1110. The summed E-state index contributed by atoms with van der Waals surface area (Å²) in [5.41, 5.74) is 6.04. The SMILES string of the molecule is COC(=O)CC1c2ccccc2N=C(N2CCN(CCN(C)C)CC2)N1c1ccc2c(c1)CCCC2. The Morgan fingerprint density at radius 1 is 1.03 bits per heavy atom. The number of carbonyl (C=O) groups is 1. The van der Waals surface area contributed by atoms with Crippen LogP contribution in [-0.2, 0) is 22.4 Å². The summed E-state index contributed by atoms with van der Waals surface area (Å²) in [5.74, 6) is 0.748. The Morgan fingerprint density at radius 3 is 2.53 bits per heavy atom. The molecule has 0 N–H and O–H groups in total. The van der Waals surface area contributed by atoms with Gasteiger partial charge in [0.05, 0.1) is 25.3 Å². The van der Waals surface area contributed by atoms with Crippen molar-refractivity contribution in [1.29, 1.82) is 0 Å². The van der Waals surface area contributed by atoms with Crippen molar-refractivity contribution in [1.82, 2.24) is 14.7 Å². The highest BCUT2D eigenvalue weighted by atomic mass is 16.5. The fourth-order valence-corrected chi connectivity index (χ4v) is 5.65. The van der Waals surface area contributed by atoms with Crippen LogP contribution < -0.4 is 4.90 Å². The number of hydrogen-bond acceptors (Lipinski definition) is 7. The first kappa shape index (κ1) is 24.8. The van der Waals surface area contributed by atoms with Crippen LogP contribution in [0, 0.1) is 0 Å². The number of hydrogen-bond donors (Lipinski definition) is 0. The number of fused-ring (bicyclic) bond motifs is 2. The normalized spacial score (nSPS) is 20.1. The van der Waals surface area contributed by atoms with E-state index in [0.29, 0.717) is 0 Å². The Hall–Kier alpha value is -2.90. The average molecular weight is 490 g/mol. The molecular formula is C29H39N5O2. The third-order valence-corrected chi connectivity index (χ3v) is 7.76. The number of para-hydroxylation sites is 1. The number of likely N-dealkylation sites (N-methyl/N-ethyl adjacent to an activating group) is 1. The molecule has 1 aliphatic carbocycles. The van der Waals surface area contributed by atoms with Crippen LogP contribution >= 0.6 is 0 Å². The van der Waals surface area contributed by atoms with Crippen LogP contribution in [0.3, 0.4) is 0 Å². The van der Waals surface area contributed by atoms with Crippen molar-refractivity contribution in [3.8, 4) is 0 Å². The Balaban J connectivity index is 1.51. The topological polar surface area (TPSA) is 51.6 Å². The molecule has 0 amide bonds. The van der Waals surface area contributed by atoms with Gasteiger partial charge in [0.15, 0.2) is 0 Å². The largest absolute Gasteiger partial charge is 0.469 e. The summed E-state index contributed by atoms with van der Waals surface area (Å²) in [6.45, 7) is 6.00. The highest BCUT2D eigenvalue weighted by Crippen LogP contribution is 2.41. The van der Waals surface area contributed by atoms with E-state index in [4.69, 9.17) is 9.73 Å². The van der Waals surface area contributed by atoms with Crippen molar-refractivity contribution >= 4 is 23.3 Å². The summed E-state index contributed by atoms with van der Waals surface area (Å²) in [5, 5.41) is 0. The molecule has 0 bridgehead atoms. The maximum Gasteiger partial charge on any atom is 0.307 e. The summed E-state index contributed by atoms with van der Waals surface area (Å²) in [7, 11) is 5.73. The van der Waals surface area contributed by atoms with Gasteiger partial charge in [-0.25, -0.2) is 4.99 Å². The number of rotatable bonds is 6. The standard InChI is InChI=1S/C29H39N5O2/c1-31(2)14-15-32-16-18-33(19-17-32)29-30-26-11-7-6-10-25(26)27(21-28(35)36-3)34(29)24-13-12-22-8-4-5-9-23(22)20-24/h6-7,10-13,20,27H,4-5,8-9,14-19,21H2,1-3H3. The van der Waals surface area contributed by atoms with Crippen molar-refractivity contribution in [3.63, 3.8) is 0 Å². The second kappa shape index (κ2) is 11.0. The van der Waals surface area contributed by atoms with Crippen LogP contribution in [0.1, 0.15) is 42.0 Å². The first-order chi connectivity index (χ1) is 17.5. The zero-order valence-corrected chi connectivity index (χ0v) is 21.9. The fourth-order valence-electron chi connectivity index (χ4n) is 5.65. The lowest BCUT2D eigenvalue weighted by Gasteiger charge is -2.45. The van der Waals surface area contributed by atoms with Gasteiger partial charge in [-0.05, 0) is 69.1 Å². The molecule has 0 saturated carbocycles. The molecule has 2 aromatic rings. The second-order valence-corrected chi connectivity index (χ2v) is 10.4. The molecule has 0 spiro atoms. The van der Waals surface area contributed by atoms with Crippen molar-refractivity contribution in [3.05, 3.63) is 59.2 Å². The number of methoxy groups -OCH3 is 1. The van der Waals surface area contributed by atoms with Gasteiger partial charge in [0.2, 0.25) is 5.96 Å². The quantitative estimate of drug-likeness (QED) is 0.575. The molecular weight excluding hydrogens is 450 g/mol. The van der Waals surface area contributed by atoms with Gasteiger partial charge in [-0.1, -0.05) is 24.3 Å². The van der Waals surface area contributed by atoms with Gasteiger partial charge in [0.25, 0.3) is 0 Å². The average Bonchev–Trinajstić information content (AvgIpc) is 2.91. The van der Waals surface area contributed by atoms with Crippen LogP contribution in [0.15, 0.2) is 47.5 Å². The number of guanidine groups is 1. The lowest BCUT2D eigenvalue weighted by atomic mass is 9.90. The predicted octanol–water partition coefficient (Wildman–Crippen LogP) is 3.86. The zero-order chi connectivity index (χ0) is 25.1. The van der Waals surface area contributed by atoms with Crippen LogP contribution in [0.4, 0.5) is 11.4 Å². The number of carbonyl (C=O) groups excluding carboxylic acids is 1. The van der Waals surface area contributed by atoms with E-state index in [1.54, 1.807) is 0 Å². The van der Waals surface area contributed by atoms with Crippen LogP contribution in [0.5, 0.6) is 0 Å². The molecule has 5 rings (SSSR count). The summed E-state index contributed by atoms with van der Waals surface area (Å²) in [4.78, 5) is 27.3. The number of anilines is 1. The first-order valence-electron chi connectivity index (χ1n) is 13.3. The van der Waals surface area contributed by atoms with Crippen LogP contribution in [0.2, 0.25) is 0 Å². The van der Waals surface area contributed by atoms with Crippen molar-refractivity contribution < 1.29 is 9.53 Å². The summed E-state index contributed by atoms with van der Waals surface area (Å²) in [6, 6.07) is 14.9. The van der Waals surface area contributed by atoms with E-state index in [9.17, 15) is 4.79 Å². The van der Waals surface area contributed by atoms with Crippen LogP contribution in [-0.4, -0.2) is 87.1 Å². The summed E-state index contributed by atoms with van der Waals surface area (Å²) in [6.07, 6.45) is 5.05. The number of esters is 1. The highest BCUT2D eigenvalue weighted by molar-refractivity contribution is 6.01. The number of ether oxygens (including phenoxy) is 1. The molecule has 1 fully saturated rings. The number of aryl methyl sites for hydroxylation is 2. The van der Waals surface area contributed by atoms with E-state index in [1.807, 2.05) is 12.1 Å². The molecule has 7 nitrogen and oxygen atoms in total. The molecule has 2 heterocycles. The molecule has 36 heavy (non-hydrogen) atoms. The minimum absolute atomic E-state index is 0.158. The fraction of sp³-hybridized carbons (Fsp3) is 0.517. The maximum atomic E-state index is 12.6. The van der Waals surface area contributed by atoms with Gasteiger partial charge in [0, 0.05) is 50.5 Å². The first-order valence-corrected chi connectivity index (χ1v) is 13.3. The maximum absolute atomic E-state index is 12.6. The smallest absolute Gasteiger partial charge is 0.307 e. The number of benzene rings is 2. The third-order valence-electron chi connectivity index (χ3n) is 7.76. The predicted molar refractivity (Wildman–Crippen MR) is 145 cm³/mol. The van der Waals surface area contributed by atoms with Gasteiger partial charge in [-0.15, -0.1) is 0 Å². The van der Waals surface area contributed by atoms with E-state index in [2.05, 4.69) is 64.0 Å². The van der Waals surface area contributed by atoms with Gasteiger partial charge in [-0.3, -0.25) is 9.69 Å². The molecule has 1 unspecified atom stereocenters. The van der Waals surface area contributed by atoms with Crippen LogP contribution in [0.25, 0.3) is 0 Å². The Morgan fingerprint density at radius 2 is 1.78 bits per heavy atom. The molecule has 1 saturated heterocycles. The van der Waals surface area contributed by atoms with Crippen molar-refractivity contribution in [2.45, 2.75) is 38.1 Å². The molecule has 1 atom stereocenters. The van der Waals surface area contributed by atoms with E-state index < -0.39 is 0 Å². The van der Waals surface area contributed by atoms with Crippen molar-refractivity contribution in [2.24, 2.45) is 4.99 Å². The lowest BCUT2D eigenvalue weighted by molar-refractivity contribution is -0.141. The minimum atomic E-state index is -0.201. The van der Waals surface area contributed by atoms with E-state index in [-0.39, 0.29) is 18.4 Å². The Labute approximate surface area is 215 Å². The monoisotopic (exact) mass is 489 g/mol. The molecule has 0 aromatic heterocycles. The van der Waals surface area contributed by atoms with Crippen molar-refractivity contribution in [2.75, 3.05) is 65.4 Å². The van der Waals surface area contributed by atoms with Gasteiger partial charge in [-0.2, -0.15) is 0 Å². The molecule has 3 aliphatic rings. The molecule has 0 radical (unpaired) electrons. The number of piperazine rings is 1. The van der Waals surface area contributed by atoms with E-state index in [0.717, 1.165) is 75.0 Å². The molecule has 7 heteroatoms. The molecule has 2 aromatic carbocycles. The van der Waals surface area contributed by atoms with Gasteiger partial charge in [0.1, 0.15) is 0 Å². The molecule has 192 valence electrons. The summed E-state index contributed by atoms with van der Waals surface area (Å²) < 4.78 is 5.15. The van der Waals surface area contributed by atoms with Gasteiger partial charge >= 0.3 is 5.97 Å². The minimum Gasteiger partial charge on any atom is -0.469 e. The Kier molecular flexibility index (Phi) is 7.58. The zero-order valence-electron chi connectivity index (χ0n) is 21.9. The number of aliphatic imine (C=N–C) groups is 1. The van der Waals surface area contributed by atoms with E-state index >= 15 is 0 Å². The lowest BCUT2D eigenvalue weighted by Crippen LogP contribution is -2.55. The second-order valence-electron chi connectivity index (χ2n) is 10.4. The molecule has 2 aliphatic heterocycles. The van der Waals surface area contributed by atoms with Gasteiger partial charge < -0.3 is 19.4 Å². The number of nitrogens with zero attached hydrogens (tertiary/aromatic N) is 5. The summed E-state index contributed by atoms with van der Waals surface area (Å²) >= 11 is 0. The highest BCUT2D eigenvalue weighted by Gasteiger charge is 2.36. The van der Waals surface area contributed by atoms with E-state index in [1.165, 1.54) is 31.1 Å². The third kappa shape index (κ3) is 5.27.